The van der Waals surface area contributed by atoms with E-state index in [1.807, 2.05) is 23.1 Å². The van der Waals surface area contributed by atoms with Crippen LogP contribution in [0, 0.1) is 0 Å². The summed E-state index contributed by atoms with van der Waals surface area (Å²) in [6.45, 7) is 1.78. The molecule has 1 fully saturated rings. The summed E-state index contributed by atoms with van der Waals surface area (Å²) in [7, 11) is 0. The van der Waals surface area contributed by atoms with Gasteiger partial charge in [-0.25, -0.2) is 9.97 Å². The number of rotatable bonds is 6. The van der Waals surface area contributed by atoms with Gasteiger partial charge < -0.3 is 9.64 Å². The second kappa shape index (κ2) is 9.39. The standard InChI is InChI=1S/C23H24N4O2/c28-23(20-15-25-22(26-16-20)19-9-11-24-12-10-19)27-13-14-29-21(17-27)8-4-7-18-5-2-1-3-6-18/h1-3,5-6,9-12,15-16,21H,4,7-8,13-14,17H2/t21-/m1/s1. The first-order valence-electron chi connectivity index (χ1n) is 9.97. The average molecular weight is 388 g/mol. The second-order valence-electron chi connectivity index (χ2n) is 7.15. The number of hydrogen-bond acceptors (Lipinski definition) is 5. The first-order valence-corrected chi connectivity index (χ1v) is 9.97. The molecule has 1 saturated heterocycles. The molecule has 4 rings (SSSR count). The van der Waals surface area contributed by atoms with E-state index in [9.17, 15) is 4.79 Å². The predicted molar refractivity (Wildman–Crippen MR) is 110 cm³/mol. The van der Waals surface area contributed by atoms with Crippen molar-refractivity contribution in [3.05, 3.63) is 78.4 Å². The molecule has 3 heterocycles. The van der Waals surface area contributed by atoms with Crippen molar-refractivity contribution in [2.45, 2.75) is 25.4 Å². The fraction of sp³-hybridized carbons (Fsp3) is 0.304. The van der Waals surface area contributed by atoms with Crippen LogP contribution in [0.15, 0.2) is 67.3 Å². The van der Waals surface area contributed by atoms with Gasteiger partial charge in [-0.2, -0.15) is 0 Å². The molecule has 1 amide bonds. The van der Waals surface area contributed by atoms with Crippen molar-refractivity contribution in [3.8, 4) is 11.4 Å². The fourth-order valence-electron chi connectivity index (χ4n) is 3.53. The quantitative estimate of drug-likeness (QED) is 0.647. The van der Waals surface area contributed by atoms with E-state index < -0.39 is 0 Å². The van der Waals surface area contributed by atoms with Gasteiger partial charge in [-0.05, 0) is 37.0 Å². The molecule has 1 aromatic carbocycles. The third-order valence-electron chi connectivity index (χ3n) is 5.10. The molecular formula is C23H24N4O2. The third kappa shape index (κ3) is 5.03. The van der Waals surface area contributed by atoms with Gasteiger partial charge in [0, 0.05) is 43.4 Å². The summed E-state index contributed by atoms with van der Waals surface area (Å²) in [6, 6.07) is 14.1. The van der Waals surface area contributed by atoms with Crippen molar-refractivity contribution >= 4 is 5.91 Å². The van der Waals surface area contributed by atoms with Crippen molar-refractivity contribution in [2.75, 3.05) is 19.7 Å². The highest BCUT2D eigenvalue weighted by Gasteiger charge is 2.25. The first-order chi connectivity index (χ1) is 14.3. The molecule has 0 aliphatic carbocycles. The summed E-state index contributed by atoms with van der Waals surface area (Å²) in [5, 5.41) is 0. The van der Waals surface area contributed by atoms with Crippen LogP contribution in [-0.4, -0.2) is 51.6 Å². The number of aromatic nitrogens is 3. The van der Waals surface area contributed by atoms with Crippen LogP contribution in [0.2, 0.25) is 0 Å². The van der Waals surface area contributed by atoms with Crippen molar-refractivity contribution in [1.82, 2.24) is 19.9 Å². The van der Waals surface area contributed by atoms with E-state index in [0.29, 0.717) is 31.1 Å². The molecule has 3 aromatic rings. The van der Waals surface area contributed by atoms with Crippen molar-refractivity contribution in [1.29, 1.82) is 0 Å². The maximum absolute atomic E-state index is 12.9. The zero-order valence-corrected chi connectivity index (χ0v) is 16.3. The molecule has 2 aromatic heterocycles. The van der Waals surface area contributed by atoms with Crippen LogP contribution in [0.4, 0.5) is 0 Å². The monoisotopic (exact) mass is 388 g/mol. The number of carbonyl (C=O) groups excluding carboxylic acids is 1. The zero-order chi connectivity index (χ0) is 19.9. The number of benzene rings is 1. The Morgan fingerprint density at radius 1 is 1.07 bits per heavy atom. The maximum atomic E-state index is 12.9. The first kappa shape index (κ1) is 19.2. The Morgan fingerprint density at radius 2 is 1.83 bits per heavy atom. The molecule has 6 heteroatoms. The van der Waals surface area contributed by atoms with Gasteiger partial charge in [-0.3, -0.25) is 9.78 Å². The van der Waals surface area contributed by atoms with Crippen molar-refractivity contribution in [2.24, 2.45) is 0 Å². The predicted octanol–water partition coefficient (Wildman–Crippen LogP) is 3.40. The highest BCUT2D eigenvalue weighted by molar-refractivity contribution is 5.93. The number of aryl methyl sites for hydroxylation is 1. The van der Waals surface area contributed by atoms with Crippen LogP contribution in [0.5, 0.6) is 0 Å². The normalized spacial score (nSPS) is 16.6. The average Bonchev–Trinajstić information content (AvgIpc) is 2.80. The number of hydrogen-bond donors (Lipinski definition) is 0. The van der Waals surface area contributed by atoms with Gasteiger partial charge in [0.25, 0.3) is 5.91 Å². The molecule has 0 N–H and O–H groups in total. The van der Waals surface area contributed by atoms with Crippen LogP contribution < -0.4 is 0 Å². The Labute approximate surface area is 170 Å². The van der Waals surface area contributed by atoms with Crippen LogP contribution in [0.1, 0.15) is 28.8 Å². The molecular weight excluding hydrogens is 364 g/mol. The number of pyridine rings is 1. The summed E-state index contributed by atoms with van der Waals surface area (Å²) >= 11 is 0. The minimum Gasteiger partial charge on any atom is -0.375 e. The number of amides is 1. The second-order valence-corrected chi connectivity index (χ2v) is 7.15. The molecule has 0 bridgehead atoms. The van der Waals surface area contributed by atoms with Crippen LogP contribution >= 0.6 is 0 Å². The molecule has 0 radical (unpaired) electrons. The van der Waals surface area contributed by atoms with Crippen molar-refractivity contribution in [3.63, 3.8) is 0 Å². The van der Waals surface area contributed by atoms with Gasteiger partial charge in [-0.15, -0.1) is 0 Å². The van der Waals surface area contributed by atoms with E-state index in [4.69, 9.17) is 4.74 Å². The summed E-state index contributed by atoms with van der Waals surface area (Å²) in [6.07, 6.45) is 9.69. The van der Waals surface area contributed by atoms with Crippen LogP contribution in [0.25, 0.3) is 11.4 Å². The lowest BCUT2D eigenvalue weighted by Gasteiger charge is -2.33. The third-order valence-corrected chi connectivity index (χ3v) is 5.10. The molecule has 148 valence electrons. The Bertz CT molecular complexity index is 917. The SMILES string of the molecule is O=C(c1cnc(-c2ccncc2)nc1)N1CCO[C@H](CCCc2ccccc2)C1. The smallest absolute Gasteiger partial charge is 0.257 e. The molecule has 1 aliphatic heterocycles. The topological polar surface area (TPSA) is 68.2 Å². The maximum Gasteiger partial charge on any atom is 0.257 e. The Hall–Kier alpha value is -3.12. The Kier molecular flexibility index (Phi) is 6.22. The molecule has 0 saturated carbocycles. The van der Waals surface area contributed by atoms with Gasteiger partial charge >= 0.3 is 0 Å². The minimum atomic E-state index is -0.0392. The lowest BCUT2D eigenvalue weighted by atomic mass is 10.0. The largest absolute Gasteiger partial charge is 0.375 e. The number of ether oxygens (including phenoxy) is 1. The number of morpholine rings is 1. The Morgan fingerprint density at radius 3 is 2.59 bits per heavy atom. The van der Waals surface area contributed by atoms with Gasteiger partial charge in [0.2, 0.25) is 0 Å². The van der Waals surface area contributed by atoms with E-state index in [-0.39, 0.29) is 12.0 Å². The van der Waals surface area contributed by atoms with E-state index in [0.717, 1.165) is 24.8 Å². The summed E-state index contributed by atoms with van der Waals surface area (Å²) in [5.41, 5.74) is 2.72. The summed E-state index contributed by atoms with van der Waals surface area (Å²) in [4.78, 5) is 27.4. The molecule has 0 unspecified atom stereocenters. The van der Waals surface area contributed by atoms with E-state index in [1.54, 1.807) is 24.8 Å². The molecule has 1 atom stereocenters. The fourth-order valence-corrected chi connectivity index (χ4v) is 3.53. The van der Waals surface area contributed by atoms with Gasteiger partial charge in [0.05, 0.1) is 18.3 Å². The number of nitrogens with zero attached hydrogens (tertiary/aromatic N) is 4. The zero-order valence-electron chi connectivity index (χ0n) is 16.3. The lowest BCUT2D eigenvalue weighted by molar-refractivity contribution is -0.0255. The van der Waals surface area contributed by atoms with E-state index in [2.05, 4.69) is 39.2 Å². The minimum absolute atomic E-state index is 0.0392. The van der Waals surface area contributed by atoms with Crippen molar-refractivity contribution < 1.29 is 9.53 Å². The Balaban J connectivity index is 1.32. The van der Waals surface area contributed by atoms with Gasteiger partial charge in [0.1, 0.15) is 0 Å². The van der Waals surface area contributed by atoms with Gasteiger partial charge in [0.15, 0.2) is 5.82 Å². The highest BCUT2D eigenvalue weighted by atomic mass is 16.5. The van der Waals surface area contributed by atoms with Crippen LogP contribution in [0.3, 0.4) is 0 Å². The highest BCUT2D eigenvalue weighted by Crippen LogP contribution is 2.17. The molecule has 29 heavy (non-hydrogen) atoms. The lowest BCUT2D eigenvalue weighted by Crippen LogP contribution is -2.45. The van der Waals surface area contributed by atoms with Crippen LogP contribution in [-0.2, 0) is 11.2 Å². The summed E-state index contributed by atoms with van der Waals surface area (Å²) < 4.78 is 5.88. The van der Waals surface area contributed by atoms with E-state index in [1.165, 1.54) is 5.56 Å². The summed E-state index contributed by atoms with van der Waals surface area (Å²) in [5.74, 6) is 0.548. The number of carbonyl (C=O) groups is 1. The molecule has 1 aliphatic rings. The molecule has 6 nitrogen and oxygen atoms in total. The van der Waals surface area contributed by atoms with E-state index >= 15 is 0 Å². The van der Waals surface area contributed by atoms with Gasteiger partial charge in [-0.1, -0.05) is 30.3 Å². The molecule has 0 spiro atoms.